The van der Waals surface area contributed by atoms with Gasteiger partial charge in [0.25, 0.3) is 0 Å². The summed E-state index contributed by atoms with van der Waals surface area (Å²) >= 11 is 1.28. The second-order valence-electron chi connectivity index (χ2n) is 4.88. The molecule has 3 amide bonds. The first-order valence-corrected chi connectivity index (χ1v) is 8.04. The van der Waals surface area contributed by atoms with E-state index in [9.17, 15) is 9.59 Å². The molecule has 0 unspecified atom stereocenters. The van der Waals surface area contributed by atoms with Gasteiger partial charge in [0.2, 0.25) is 5.91 Å². The Labute approximate surface area is 134 Å². The van der Waals surface area contributed by atoms with Gasteiger partial charge >= 0.3 is 6.03 Å². The number of benzene rings is 1. The Morgan fingerprint density at radius 2 is 1.95 bits per heavy atom. The third-order valence-electron chi connectivity index (χ3n) is 2.52. The number of hydrogen-bond donors (Lipinski definition) is 3. The Kier molecular flexibility index (Phi) is 7.86. The highest BCUT2D eigenvalue weighted by molar-refractivity contribution is 8.00. The lowest BCUT2D eigenvalue weighted by atomic mass is 10.2. The number of nitrogens with zero attached hydrogens (tertiary/aromatic N) is 1. The monoisotopic (exact) mass is 320 g/mol. The van der Waals surface area contributed by atoms with E-state index in [0.29, 0.717) is 18.0 Å². The molecule has 0 saturated heterocycles. The molecule has 0 radical (unpaired) electrons. The van der Waals surface area contributed by atoms with Crippen molar-refractivity contribution in [1.82, 2.24) is 10.6 Å². The number of carbonyl (C=O) groups excluding carboxylic acids is 2. The van der Waals surface area contributed by atoms with Crippen molar-refractivity contribution in [1.29, 1.82) is 5.26 Å². The van der Waals surface area contributed by atoms with Gasteiger partial charge in [-0.1, -0.05) is 12.1 Å². The Morgan fingerprint density at radius 1 is 1.27 bits per heavy atom. The number of nitrogens with one attached hydrogen (secondary N) is 3. The predicted molar refractivity (Wildman–Crippen MR) is 88.5 cm³/mol. The SMILES string of the molecule is CC(C)NC(=O)Nc1ccc(CNC(=O)CSCC#N)cc1. The molecule has 0 spiro atoms. The summed E-state index contributed by atoms with van der Waals surface area (Å²) in [6.07, 6.45) is 0. The maximum Gasteiger partial charge on any atom is 0.319 e. The number of thioether (sulfide) groups is 1. The largest absolute Gasteiger partial charge is 0.351 e. The number of carbonyl (C=O) groups is 2. The molecule has 0 atom stereocenters. The van der Waals surface area contributed by atoms with E-state index in [2.05, 4.69) is 16.0 Å². The van der Waals surface area contributed by atoms with E-state index in [1.807, 2.05) is 32.0 Å². The Morgan fingerprint density at radius 3 is 2.55 bits per heavy atom. The Hall–Kier alpha value is -2.20. The molecule has 1 rings (SSSR count). The molecule has 0 aliphatic rings. The fourth-order valence-corrected chi connectivity index (χ4v) is 2.06. The highest BCUT2D eigenvalue weighted by atomic mass is 32.2. The van der Waals surface area contributed by atoms with Crippen LogP contribution < -0.4 is 16.0 Å². The molecule has 118 valence electrons. The molecule has 7 heteroatoms. The van der Waals surface area contributed by atoms with Crippen LogP contribution in [0.25, 0.3) is 0 Å². The summed E-state index contributed by atoms with van der Waals surface area (Å²) in [6, 6.07) is 9.06. The highest BCUT2D eigenvalue weighted by Gasteiger charge is 2.04. The summed E-state index contributed by atoms with van der Waals surface area (Å²) in [5.74, 6) is 0.494. The van der Waals surface area contributed by atoms with Crippen LogP contribution in [0.5, 0.6) is 0 Å². The van der Waals surface area contributed by atoms with Crippen molar-refractivity contribution < 1.29 is 9.59 Å². The minimum Gasteiger partial charge on any atom is -0.351 e. The summed E-state index contributed by atoms with van der Waals surface area (Å²) in [5, 5.41) is 16.6. The molecule has 0 saturated carbocycles. The zero-order chi connectivity index (χ0) is 16.4. The van der Waals surface area contributed by atoms with Crippen LogP contribution in [0.2, 0.25) is 0 Å². The number of anilines is 1. The van der Waals surface area contributed by atoms with Gasteiger partial charge in [0.15, 0.2) is 0 Å². The summed E-state index contributed by atoms with van der Waals surface area (Å²) in [6.45, 7) is 4.20. The van der Waals surface area contributed by atoms with E-state index in [0.717, 1.165) is 5.56 Å². The average molecular weight is 320 g/mol. The van der Waals surface area contributed by atoms with Crippen LogP contribution in [0.3, 0.4) is 0 Å². The van der Waals surface area contributed by atoms with Crippen LogP contribution in [-0.2, 0) is 11.3 Å². The normalized spacial score (nSPS) is 9.91. The van der Waals surface area contributed by atoms with Crippen molar-refractivity contribution in [2.75, 3.05) is 16.8 Å². The lowest BCUT2D eigenvalue weighted by Gasteiger charge is -2.10. The van der Waals surface area contributed by atoms with Gasteiger partial charge in [-0.25, -0.2) is 4.79 Å². The molecule has 0 fully saturated rings. The lowest BCUT2D eigenvalue weighted by Crippen LogP contribution is -2.34. The van der Waals surface area contributed by atoms with Crippen molar-refractivity contribution in [3.8, 4) is 6.07 Å². The van der Waals surface area contributed by atoms with Crippen molar-refractivity contribution in [3.63, 3.8) is 0 Å². The van der Waals surface area contributed by atoms with Crippen molar-refractivity contribution in [2.45, 2.75) is 26.4 Å². The van der Waals surface area contributed by atoms with E-state index in [-0.39, 0.29) is 23.7 Å². The lowest BCUT2D eigenvalue weighted by molar-refractivity contribution is -0.118. The fraction of sp³-hybridized carbons (Fsp3) is 0.400. The summed E-state index contributed by atoms with van der Waals surface area (Å²) in [4.78, 5) is 23.0. The topological polar surface area (TPSA) is 94.0 Å². The van der Waals surface area contributed by atoms with Gasteiger partial charge in [-0.15, -0.1) is 11.8 Å². The summed E-state index contributed by atoms with van der Waals surface area (Å²) in [7, 11) is 0. The molecule has 1 aromatic carbocycles. The van der Waals surface area contributed by atoms with Gasteiger partial charge in [-0.3, -0.25) is 4.79 Å². The van der Waals surface area contributed by atoms with E-state index in [4.69, 9.17) is 5.26 Å². The average Bonchev–Trinajstić information content (AvgIpc) is 2.46. The number of urea groups is 1. The number of amides is 3. The van der Waals surface area contributed by atoms with Gasteiger partial charge in [0.1, 0.15) is 0 Å². The second kappa shape index (κ2) is 9.68. The predicted octanol–water partition coefficient (Wildman–Crippen LogP) is 2.09. The molecule has 6 nitrogen and oxygen atoms in total. The molecule has 0 aromatic heterocycles. The van der Waals surface area contributed by atoms with Crippen LogP contribution in [-0.4, -0.2) is 29.5 Å². The molecule has 0 aliphatic heterocycles. The quantitative estimate of drug-likeness (QED) is 0.671. The standard InChI is InChI=1S/C15H20N4O2S/c1-11(2)18-15(21)19-13-5-3-12(4-6-13)9-17-14(20)10-22-8-7-16/h3-6,11H,8-10H2,1-2H3,(H,17,20)(H2,18,19,21). The van der Waals surface area contributed by atoms with Gasteiger partial charge in [-0.05, 0) is 31.5 Å². The smallest absolute Gasteiger partial charge is 0.319 e. The van der Waals surface area contributed by atoms with Crippen molar-refractivity contribution in [2.24, 2.45) is 0 Å². The molecule has 22 heavy (non-hydrogen) atoms. The molecule has 1 aromatic rings. The van der Waals surface area contributed by atoms with Crippen LogP contribution >= 0.6 is 11.8 Å². The van der Waals surface area contributed by atoms with Gasteiger partial charge in [0, 0.05) is 18.3 Å². The summed E-state index contributed by atoms with van der Waals surface area (Å²) in [5.41, 5.74) is 1.63. The minimum atomic E-state index is -0.245. The van der Waals surface area contributed by atoms with Crippen LogP contribution in [0.1, 0.15) is 19.4 Å². The maximum atomic E-state index is 11.5. The Bertz CT molecular complexity index is 537. The van der Waals surface area contributed by atoms with Crippen LogP contribution in [0.4, 0.5) is 10.5 Å². The summed E-state index contributed by atoms with van der Waals surface area (Å²) < 4.78 is 0. The first-order valence-electron chi connectivity index (χ1n) is 6.89. The minimum absolute atomic E-state index is 0.0772. The third-order valence-corrected chi connectivity index (χ3v) is 3.32. The molecule has 3 N–H and O–H groups in total. The first-order chi connectivity index (χ1) is 10.5. The van der Waals surface area contributed by atoms with Crippen LogP contribution in [0, 0.1) is 11.3 Å². The zero-order valence-corrected chi connectivity index (χ0v) is 13.5. The molecule has 0 aliphatic carbocycles. The van der Waals surface area contributed by atoms with Gasteiger partial charge < -0.3 is 16.0 Å². The Balaban J connectivity index is 2.37. The van der Waals surface area contributed by atoms with E-state index < -0.39 is 0 Å². The van der Waals surface area contributed by atoms with Gasteiger partial charge in [-0.2, -0.15) is 5.26 Å². The molecular formula is C15H20N4O2S. The van der Waals surface area contributed by atoms with E-state index in [1.54, 1.807) is 12.1 Å². The van der Waals surface area contributed by atoms with Crippen LogP contribution in [0.15, 0.2) is 24.3 Å². The number of rotatable bonds is 7. The molecule has 0 bridgehead atoms. The molecule has 0 heterocycles. The number of hydrogen-bond acceptors (Lipinski definition) is 4. The fourth-order valence-electron chi connectivity index (χ4n) is 1.58. The van der Waals surface area contributed by atoms with Crippen molar-refractivity contribution in [3.05, 3.63) is 29.8 Å². The third kappa shape index (κ3) is 7.55. The maximum absolute atomic E-state index is 11.5. The van der Waals surface area contributed by atoms with Gasteiger partial charge in [0.05, 0.1) is 17.6 Å². The van der Waals surface area contributed by atoms with E-state index >= 15 is 0 Å². The first kappa shape index (κ1) is 17.9. The highest BCUT2D eigenvalue weighted by Crippen LogP contribution is 2.09. The van der Waals surface area contributed by atoms with Crippen molar-refractivity contribution >= 4 is 29.4 Å². The second-order valence-corrected chi connectivity index (χ2v) is 5.86. The number of nitriles is 1. The molecular weight excluding hydrogens is 300 g/mol. The van der Waals surface area contributed by atoms with E-state index in [1.165, 1.54) is 11.8 Å². The zero-order valence-electron chi connectivity index (χ0n) is 12.7.